The molecule has 26 heavy (non-hydrogen) atoms. The Morgan fingerprint density at radius 1 is 1.12 bits per heavy atom. The molecule has 0 unspecified atom stereocenters. The zero-order valence-corrected chi connectivity index (χ0v) is 16.2. The maximum Gasteiger partial charge on any atom is 0.339 e. The number of carbonyl (C=O) groups is 1. The predicted octanol–water partition coefficient (Wildman–Crippen LogP) is 4.40. The van der Waals surface area contributed by atoms with Crippen molar-refractivity contribution in [2.45, 2.75) is 20.4 Å². The minimum atomic E-state index is -0.444. The van der Waals surface area contributed by atoms with E-state index in [1.54, 1.807) is 25.1 Å². The van der Waals surface area contributed by atoms with Gasteiger partial charge in [-0.1, -0.05) is 23.7 Å². The molecule has 0 bridgehead atoms. The van der Waals surface area contributed by atoms with Crippen molar-refractivity contribution in [2.75, 3.05) is 18.5 Å². The van der Waals surface area contributed by atoms with E-state index in [2.05, 4.69) is 10.6 Å². The van der Waals surface area contributed by atoms with Gasteiger partial charge >= 0.3 is 5.97 Å². The first kappa shape index (κ1) is 20.0. The summed E-state index contributed by atoms with van der Waals surface area (Å²) in [7, 11) is 0. The number of carbonyl (C=O) groups excluding carboxylic acids is 1. The third-order valence-corrected chi connectivity index (χ3v) is 3.97. The van der Waals surface area contributed by atoms with Crippen molar-refractivity contribution in [1.29, 1.82) is 0 Å². The van der Waals surface area contributed by atoms with E-state index in [1.165, 1.54) is 0 Å². The van der Waals surface area contributed by atoms with E-state index in [9.17, 15) is 4.79 Å². The highest BCUT2D eigenvalue weighted by Gasteiger charge is 2.12. The van der Waals surface area contributed by atoms with E-state index in [1.807, 2.05) is 31.2 Å². The van der Waals surface area contributed by atoms with E-state index in [0.29, 0.717) is 41.1 Å². The average Bonchev–Trinajstić information content (AvgIpc) is 2.61. The molecule has 2 N–H and O–H groups in total. The van der Waals surface area contributed by atoms with Crippen molar-refractivity contribution < 1.29 is 14.3 Å². The number of halogens is 1. The second-order valence-corrected chi connectivity index (χ2v) is 6.12. The van der Waals surface area contributed by atoms with Crippen molar-refractivity contribution in [2.24, 2.45) is 0 Å². The molecule has 0 aliphatic heterocycles. The molecule has 0 aromatic heterocycles. The summed E-state index contributed by atoms with van der Waals surface area (Å²) in [5.74, 6) is 0.397. The van der Waals surface area contributed by atoms with Crippen LogP contribution in [0.25, 0.3) is 0 Å². The van der Waals surface area contributed by atoms with E-state index >= 15 is 0 Å². The average molecular weight is 393 g/mol. The molecule has 0 aliphatic rings. The molecule has 5 nitrogen and oxygen atoms in total. The molecule has 0 saturated carbocycles. The van der Waals surface area contributed by atoms with Gasteiger partial charge in [-0.15, -0.1) is 0 Å². The number of nitrogens with one attached hydrogen (secondary N) is 2. The lowest BCUT2D eigenvalue weighted by Gasteiger charge is -2.12. The Bertz CT molecular complexity index is 766. The molecule has 0 atom stereocenters. The van der Waals surface area contributed by atoms with Gasteiger partial charge in [-0.3, -0.25) is 0 Å². The summed E-state index contributed by atoms with van der Waals surface area (Å²) in [5.41, 5.74) is 2.09. The molecule has 138 valence electrons. The van der Waals surface area contributed by atoms with E-state index in [0.717, 1.165) is 11.3 Å². The Balaban J connectivity index is 1.89. The van der Waals surface area contributed by atoms with Gasteiger partial charge in [0.05, 0.1) is 23.8 Å². The second-order valence-electron chi connectivity index (χ2n) is 5.30. The molecular formula is C19H21ClN2O3S. The van der Waals surface area contributed by atoms with Crippen LogP contribution in [-0.2, 0) is 11.3 Å². The van der Waals surface area contributed by atoms with Gasteiger partial charge in [0, 0.05) is 12.2 Å². The van der Waals surface area contributed by atoms with Gasteiger partial charge in [0.2, 0.25) is 0 Å². The lowest BCUT2D eigenvalue weighted by molar-refractivity contribution is 0.0526. The van der Waals surface area contributed by atoms with Gasteiger partial charge in [0.15, 0.2) is 5.11 Å². The summed E-state index contributed by atoms with van der Waals surface area (Å²) >= 11 is 11.4. The normalized spacial score (nSPS) is 10.1. The van der Waals surface area contributed by atoms with E-state index < -0.39 is 5.97 Å². The van der Waals surface area contributed by atoms with Gasteiger partial charge in [-0.2, -0.15) is 0 Å². The van der Waals surface area contributed by atoms with E-state index in [-0.39, 0.29) is 0 Å². The fourth-order valence-electron chi connectivity index (χ4n) is 2.20. The molecule has 0 spiro atoms. The summed E-state index contributed by atoms with van der Waals surface area (Å²) in [5, 5.41) is 6.93. The summed E-state index contributed by atoms with van der Waals surface area (Å²) < 4.78 is 10.4. The van der Waals surface area contributed by atoms with Crippen LogP contribution in [0.5, 0.6) is 5.75 Å². The predicted molar refractivity (Wildman–Crippen MR) is 108 cm³/mol. The van der Waals surface area contributed by atoms with Crippen molar-refractivity contribution >= 4 is 40.6 Å². The fraction of sp³-hybridized carbons (Fsp3) is 0.263. The number of hydrogen-bond donors (Lipinski definition) is 2. The molecule has 0 radical (unpaired) electrons. The van der Waals surface area contributed by atoms with Crippen LogP contribution < -0.4 is 15.4 Å². The van der Waals surface area contributed by atoms with Crippen LogP contribution in [0, 0.1) is 0 Å². The Morgan fingerprint density at radius 3 is 2.46 bits per heavy atom. The third kappa shape index (κ3) is 5.89. The molecule has 0 fully saturated rings. The maximum absolute atomic E-state index is 11.7. The first-order valence-electron chi connectivity index (χ1n) is 8.26. The van der Waals surface area contributed by atoms with Crippen LogP contribution in [0.1, 0.15) is 29.8 Å². The highest BCUT2D eigenvalue weighted by molar-refractivity contribution is 7.80. The van der Waals surface area contributed by atoms with Crippen LogP contribution in [0.2, 0.25) is 5.02 Å². The van der Waals surface area contributed by atoms with E-state index in [4.69, 9.17) is 33.3 Å². The first-order chi connectivity index (χ1) is 12.5. The zero-order valence-electron chi connectivity index (χ0n) is 14.7. The van der Waals surface area contributed by atoms with Crippen LogP contribution in [-0.4, -0.2) is 24.3 Å². The molecule has 0 aliphatic carbocycles. The van der Waals surface area contributed by atoms with Crippen LogP contribution in [0.3, 0.4) is 0 Å². The molecule has 7 heteroatoms. The molecular weight excluding hydrogens is 372 g/mol. The number of thiocarbonyl (C=S) groups is 1. The van der Waals surface area contributed by atoms with Crippen LogP contribution in [0.4, 0.5) is 5.69 Å². The highest BCUT2D eigenvalue weighted by atomic mass is 35.5. The number of benzene rings is 2. The molecule has 2 aromatic carbocycles. The number of hydrogen-bond acceptors (Lipinski definition) is 4. The SMILES string of the molecule is CCOC(=O)c1ccc(NC(=S)NCc2ccc(OCC)cc2)cc1Cl. The maximum atomic E-state index is 11.7. The number of ether oxygens (including phenoxy) is 2. The summed E-state index contributed by atoms with van der Waals surface area (Å²) in [6.07, 6.45) is 0. The van der Waals surface area contributed by atoms with Gasteiger partial charge in [-0.25, -0.2) is 4.79 Å². The molecule has 0 saturated heterocycles. The Kier molecular flexibility index (Phi) is 7.69. The van der Waals surface area contributed by atoms with Crippen molar-refractivity contribution in [3.63, 3.8) is 0 Å². The molecule has 2 aromatic rings. The lowest BCUT2D eigenvalue weighted by atomic mass is 10.2. The van der Waals surface area contributed by atoms with Crippen LogP contribution >= 0.6 is 23.8 Å². The van der Waals surface area contributed by atoms with Gasteiger partial charge in [-0.05, 0) is 62.0 Å². The fourth-order valence-corrected chi connectivity index (χ4v) is 2.64. The minimum Gasteiger partial charge on any atom is -0.494 e. The second kappa shape index (κ2) is 9.99. The largest absolute Gasteiger partial charge is 0.494 e. The van der Waals surface area contributed by atoms with Gasteiger partial charge < -0.3 is 20.1 Å². The quantitative estimate of drug-likeness (QED) is 0.538. The molecule has 2 rings (SSSR count). The third-order valence-electron chi connectivity index (χ3n) is 3.41. The van der Waals surface area contributed by atoms with Gasteiger partial charge in [0.25, 0.3) is 0 Å². The van der Waals surface area contributed by atoms with Crippen molar-refractivity contribution in [1.82, 2.24) is 5.32 Å². The van der Waals surface area contributed by atoms with Crippen molar-refractivity contribution in [3.8, 4) is 5.75 Å². The van der Waals surface area contributed by atoms with Crippen molar-refractivity contribution in [3.05, 3.63) is 58.6 Å². The smallest absolute Gasteiger partial charge is 0.339 e. The summed E-state index contributed by atoms with van der Waals surface area (Å²) in [6, 6.07) is 12.8. The lowest BCUT2D eigenvalue weighted by Crippen LogP contribution is -2.27. The minimum absolute atomic E-state index is 0.300. The standard InChI is InChI=1S/C19H21ClN2O3S/c1-3-24-15-8-5-13(6-9-15)12-21-19(26)22-14-7-10-16(17(20)11-14)18(23)25-4-2/h5-11H,3-4,12H2,1-2H3,(H2,21,22,26). The summed E-state index contributed by atoms with van der Waals surface area (Å²) in [4.78, 5) is 11.7. The van der Waals surface area contributed by atoms with Crippen LogP contribution in [0.15, 0.2) is 42.5 Å². The number of esters is 1. The summed E-state index contributed by atoms with van der Waals surface area (Å²) in [6.45, 7) is 5.21. The monoisotopic (exact) mass is 392 g/mol. The zero-order chi connectivity index (χ0) is 18.9. The number of anilines is 1. The molecule has 0 heterocycles. The number of rotatable bonds is 7. The Morgan fingerprint density at radius 2 is 1.85 bits per heavy atom. The Labute approximate surface area is 163 Å². The first-order valence-corrected chi connectivity index (χ1v) is 9.05. The topological polar surface area (TPSA) is 59.6 Å². The highest BCUT2D eigenvalue weighted by Crippen LogP contribution is 2.22. The molecule has 0 amide bonds. The van der Waals surface area contributed by atoms with Gasteiger partial charge in [0.1, 0.15) is 5.75 Å². The Hall–Kier alpha value is -2.31.